The Morgan fingerprint density at radius 3 is 2.32 bits per heavy atom. The van der Waals surface area contributed by atoms with E-state index in [1.165, 1.54) is 0 Å². The van der Waals surface area contributed by atoms with E-state index in [0.717, 1.165) is 26.1 Å². The largest absolute Gasteiger partial charge is 0.431 e. The summed E-state index contributed by atoms with van der Waals surface area (Å²) in [4.78, 5) is 35.3. The van der Waals surface area contributed by atoms with Crippen molar-refractivity contribution in [3.05, 3.63) is 55.6 Å². The lowest BCUT2D eigenvalue weighted by Crippen LogP contribution is -2.41. The fourth-order valence-corrected chi connectivity index (χ4v) is 2.31. The lowest BCUT2D eigenvalue weighted by molar-refractivity contribution is -0.144. The summed E-state index contributed by atoms with van der Waals surface area (Å²) in [5.74, 6) is -1.69. The molecule has 134 valence electrons. The second kappa shape index (κ2) is 6.36. The molecule has 0 bridgehead atoms. The van der Waals surface area contributed by atoms with Crippen LogP contribution in [-0.4, -0.2) is 15.0 Å². The molecular weight excluding hydrogens is 370 g/mol. The molecule has 0 unspecified atom stereocenters. The van der Waals surface area contributed by atoms with Crippen LogP contribution < -0.4 is 16.6 Å². The number of hydrogen-bond donors (Lipinski definition) is 1. The van der Waals surface area contributed by atoms with Crippen LogP contribution >= 0.6 is 11.6 Å². The Kier molecular flexibility index (Phi) is 4.76. The quantitative estimate of drug-likeness (QED) is 0.814. The number of nitrogens with one attached hydrogen (secondary N) is 1. The van der Waals surface area contributed by atoms with Crippen molar-refractivity contribution in [1.29, 1.82) is 0 Å². The first-order chi connectivity index (χ1) is 11.4. The van der Waals surface area contributed by atoms with Gasteiger partial charge in [0.2, 0.25) is 5.91 Å². The number of benzene rings is 1. The van der Waals surface area contributed by atoms with Gasteiger partial charge in [0.05, 0.1) is 16.4 Å². The smallest absolute Gasteiger partial charge is 0.325 e. The maximum Gasteiger partial charge on any atom is 0.431 e. The van der Waals surface area contributed by atoms with Crippen LogP contribution in [0.4, 0.5) is 23.2 Å². The zero-order valence-electron chi connectivity index (χ0n) is 12.7. The highest BCUT2D eigenvalue weighted by atomic mass is 35.5. The summed E-state index contributed by atoms with van der Waals surface area (Å²) in [5.41, 5.74) is -5.03. The van der Waals surface area contributed by atoms with Crippen molar-refractivity contribution < 1.29 is 22.4 Å². The maximum atomic E-state index is 14.2. The third-order valence-electron chi connectivity index (χ3n) is 3.20. The van der Waals surface area contributed by atoms with Crippen LogP contribution in [0.1, 0.15) is 12.6 Å². The minimum absolute atomic E-state index is 0.112. The number of anilines is 1. The molecule has 0 aliphatic rings. The number of carbonyl (C=O) groups is 1. The maximum absolute atomic E-state index is 14.2. The van der Waals surface area contributed by atoms with E-state index in [9.17, 15) is 31.9 Å². The molecule has 1 N–H and O–H groups in total. The SMILES string of the molecule is CC(=O)Nc1cc(-n2c(=O)cc(C(F)(F)F)n(C)c2=O)c(F)cc1Cl. The van der Waals surface area contributed by atoms with Crippen LogP contribution in [-0.2, 0) is 18.0 Å². The molecule has 0 spiro atoms. The Labute approximate surface area is 142 Å². The minimum Gasteiger partial charge on any atom is -0.325 e. The Hall–Kier alpha value is -2.62. The Morgan fingerprint density at radius 1 is 1.20 bits per heavy atom. The van der Waals surface area contributed by atoms with Crippen molar-refractivity contribution in [3.8, 4) is 5.69 Å². The molecule has 25 heavy (non-hydrogen) atoms. The summed E-state index contributed by atoms with van der Waals surface area (Å²) in [6, 6.07) is 1.79. The standard InChI is InChI=1S/C14H10ClF4N3O3/c1-6(23)20-9-4-10(8(16)3-7(9)15)22-12(24)5-11(14(17,18)19)21(2)13(22)25/h3-5H,1-2H3,(H,20,23). The van der Waals surface area contributed by atoms with Crippen molar-refractivity contribution in [1.82, 2.24) is 9.13 Å². The average Bonchev–Trinajstić information content (AvgIpc) is 2.45. The summed E-state index contributed by atoms with van der Waals surface area (Å²) in [6.07, 6.45) is -4.94. The predicted octanol–water partition coefficient (Wildman–Crippen LogP) is 2.31. The van der Waals surface area contributed by atoms with Gasteiger partial charge in [-0.3, -0.25) is 14.2 Å². The molecule has 6 nitrogen and oxygen atoms in total. The second-order valence-corrected chi connectivity index (χ2v) is 5.41. The summed E-state index contributed by atoms with van der Waals surface area (Å²) < 4.78 is 53.0. The minimum atomic E-state index is -4.94. The van der Waals surface area contributed by atoms with Gasteiger partial charge in [-0.25, -0.2) is 13.8 Å². The fraction of sp³-hybridized carbons (Fsp3) is 0.214. The lowest BCUT2D eigenvalue weighted by Gasteiger charge is -2.15. The highest BCUT2D eigenvalue weighted by Crippen LogP contribution is 2.28. The molecule has 1 aromatic carbocycles. The van der Waals surface area contributed by atoms with Crippen LogP contribution in [0.2, 0.25) is 5.02 Å². The van der Waals surface area contributed by atoms with Crippen molar-refractivity contribution in [2.24, 2.45) is 7.05 Å². The Balaban J connectivity index is 2.80. The Bertz CT molecular complexity index is 979. The number of aromatic nitrogens is 2. The fourth-order valence-electron chi connectivity index (χ4n) is 2.11. The van der Waals surface area contributed by atoms with E-state index in [2.05, 4.69) is 5.32 Å². The molecular formula is C14H10ClF4N3O3. The third-order valence-corrected chi connectivity index (χ3v) is 3.51. The number of carbonyl (C=O) groups excluding carboxylic acids is 1. The first kappa shape index (κ1) is 18.7. The number of alkyl halides is 3. The summed E-state index contributed by atoms with van der Waals surface area (Å²) in [7, 11) is 0.795. The monoisotopic (exact) mass is 379 g/mol. The van der Waals surface area contributed by atoms with Gasteiger partial charge in [-0.1, -0.05) is 11.6 Å². The lowest BCUT2D eigenvalue weighted by atomic mass is 10.2. The number of hydrogen-bond acceptors (Lipinski definition) is 3. The Morgan fingerprint density at radius 2 is 1.80 bits per heavy atom. The van der Waals surface area contributed by atoms with Crippen molar-refractivity contribution >= 4 is 23.2 Å². The molecule has 0 saturated carbocycles. The number of amides is 1. The van der Waals surface area contributed by atoms with Gasteiger partial charge < -0.3 is 5.32 Å². The molecule has 2 rings (SSSR count). The van der Waals surface area contributed by atoms with Gasteiger partial charge in [-0.15, -0.1) is 0 Å². The molecule has 0 radical (unpaired) electrons. The van der Waals surface area contributed by atoms with Crippen LogP contribution in [0.25, 0.3) is 5.69 Å². The van der Waals surface area contributed by atoms with E-state index in [1.54, 1.807) is 0 Å². The van der Waals surface area contributed by atoms with Crippen molar-refractivity contribution in [3.63, 3.8) is 0 Å². The molecule has 11 heteroatoms. The van der Waals surface area contributed by atoms with Gasteiger partial charge in [0.25, 0.3) is 5.56 Å². The summed E-state index contributed by atoms with van der Waals surface area (Å²) >= 11 is 5.75. The van der Waals surface area contributed by atoms with Crippen molar-refractivity contribution in [2.45, 2.75) is 13.1 Å². The highest BCUT2D eigenvalue weighted by molar-refractivity contribution is 6.33. The first-order valence-corrected chi connectivity index (χ1v) is 6.98. The van der Waals surface area contributed by atoms with Gasteiger partial charge in [0, 0.05) is 20.0 Å². The molecule has 1 aromatic heterocycles. The van der Waals surface area contributed by atoms with Gasteiger partial charge >= 0.3 is 11.9 Å². The van der Waals surface area contributed by atoms with E-state index < -0.39 is 40.5 Å². The number of rotatable bonds is 2. The summed E-state index contributed by atoms with van der Waals surface area (Å²) in [6.45, 7) is 1.14. The molecule has 2 aromatic rings. The van der Waals surface area contributed by atoms with E-state index in [-0.39, 0.29) is 25.9 Å². The highest BCUT2D eigenvalue weighted by Gasteiger charge is 2.35. The van der Waals surface area contributed by atoms with Crippen LogP contribution in [0.5, 0.6) is 0 Å². The zero-order chi connectivity index (χ0) is 19.1. The number of halogens is 5. The number of nitrogens with zero attached hydrogens (tertiary/aromatic N) is 2. The molecule has 0 saturated heterocycles. The molecule has 1 heterocycles. The van der Waals surface area contributed by atoms with Gasteiger partial charge in [0.15, 0.2) is 0 Å². The van der Waals surface area contributed by atoms with E-state index in [0.29, 0.717) is 0 Å². The predicted molar refractivity (Wildman–Crippen MR) is 81.6 cm³/mol. The second-order valence-electron chi connectivity index (χ2n) is 5.01. The molecule has 0 aliphatic heterocycles. The molecule has 0 atom stereocenters. The van der Waals surface area contributed by atoms with Gasteiger partial charge in [0.1, 0.15) is 11.5 Å². The van der Waals surface area contributed by atoms with Crippen LogP contribution in [0.15, 0.2) is 27.8 Å². The van der Waals surface area contributed by atoms with Gasteiger partial charge in [-0.2, -0.15) is 13.2 Å². The molecule has 0 aliphatic carbocycles. The van der Waals surface area contributed by atoms with E-state index in [4.69, 9.17) is 11.6 Å². The van der Waals surface area contributed by atoms with Gasteiger partial charge in [-0.05, 0) is 12.1 Å². The van der Waals surface area contributed by atoms with Crippen LogP contribution in [0, 0.1) is 5.82 Å². The van der Waals surface area contributed by atoms with E-state index in [1.807, 2.05) is 0 Å². The molecule has 0 fully saturated rings. The summed E-state index contributed by atoms with van der Waals surface area (Å²) in [5, 5.41) is 2.04. The van der Waals surface area contributed by atoms with E-state index >= 15 is 0 Å². The third kappa shape index (κ3) is 3.58. The average molecular weight is 380 g/mol. The zero-order valence-corrected chi connectivity index (χ0v) is 13.5. The normalized spacial score (nSPS) is 11.5. The first-order valence-electron chi connectivity index (χ1n) is 6.60. The van der Waals surface area contributed by atoms with Crippen molar-refractivity contribution in [2.75, 3.05) is 5.32 Å². The molecule has 1 amide bonds. The topological polar surface area (TPSA) is 73.1 Å². The van der Waals surface area contributed by atoms with Crippen LogP contribution in [0.3, 0.4) is 0 Å².